The third kappa shape index (κ3) is 5.28. The van der Waals surface area contributed by atoms with E-state index in [-0.39, 0.29) is 0 Å². The van der Waals surface area contributed by atoms with Crippen LogP contribution in [0.3, 0.4) is 0 Å². The minimum absolute atomic E-state index is 0.419. The molecule has 0 bridgehead atoms. The Kier molecular flexibility index (Phi) is 7.01. The molecule has 16 heavy (non-hydrogen) atoms. The Morgan fingerprint density at radius 1 is 1.44 bits per heavy atom. The fourth-order valence-corrected chi connectivity index (χ4v) is 2.26. The van der Waals surface area contributed by atoms with Crippen LogP contribution in [-0.4, -0.2) is 38.4 Å². The van der Waals surface area contributed by atoms with Crippen molar-refractivity contribution < 1.29 is 4.74 Å². The zero-order valence-electron chi connectivity index (χ0n) is 11.1. The van der Waals surface area contributed by atoms with E-state index in [1.165, 1.54) is 25.7 Å². The second-order valence-corrected chi connectivity index (χ2v) is 5.00. The van der Waals surface area contributed by atoms with Crippen molar-refractivity contribution in [2.24, 2.45) is 0 Å². The third-order valence-electron chi connectivity index (χ3n) is 3.47. The Morgan fingerprint density at radius 3 is 2.88 bits per heavy atom. The zero-order valence-corrected chi connectivity index (χ0v) is 11.1. The molecule has 3 nitrogen and oxygen atoms in total. The molecule has 0 radical (unpaired) electrons. The quantitative estimate of drug-likeness (QED) is 0.623. The molecular formula is C13H28N2O. The van der Waals surface area contributed by atoms with Crippen molar-refractivity contribution in [2.75, 3.05) is 20.2 Å². The molecule has 2 N–H and O–H groups in total. The highest BCUT2D eigenvalue weighted by molar-refractivity contribution is 4.84. The summed E-state index contributed by atoms with van der Waals surface area (Å²) in [5.41, 5.74) is 0. The highest BCUT2D eigenvalue weighted by Gasteiger charge is 2.23. The van der Waals surface area contributed by atoms with Crippen LogP contribution in [0, 0.1) is 0 Å². The molecule has 1 fully saturated rings. The van der Waals surface area contributed by atoms with E-state index in [0.29, 0.717) is 18.2 Å². The zero-order chi connectivity index (χ0) is 11.8. The molecule has 0 spiro atoms. The first-order valence-electron chi connectivity index (χ1n) is 6.75. The van der Waals surface area contributed by atoms with E-state index in [4.69, 9.17) is 4.74 Å². The van der Waals surface area contributed by atoms with Gasteiger partial charge in [-0.3, -0.25) is 0 Å². The average Bonchev–Trinajstić information content (AvgIpc) is 2.74. The lowest BCUT2D eigenvalue weighted by Gasteiger charge is -2.17. The van der Waals surface area contributed by atoms with E-state index >= 15 is 0 Å². The van der Waals surface area contributed by atoms with Gasteiger partial charge >= 0.3 is 0 Å². The molecule has 1 aliphatic rings. The van der Waals surface area contributed by atoms with E-state index in [1.807, 2.05) is 0 Å². The van der Waals surface area contributed by atoms with Gasteiger partial charge in [-0.05, 0) is 19.8 Å². The van der Waals surface area contributed by atoms with Crippen molar-refractivity contribution in [1.29, 1.82) is 0 Å². The summed E-state index contributed by atoms with van der Waals surface area (Å²) in [5, 5.41) is 7.10. The van der Waals surface area contributed by atoms with Crippen LogP contribution in [0.5, 0.6) is 0 Å². The number of unbranched alkanes of at least 4 members (excludes halogenated alkanes) is 2. The van der Waals surface area contributed by atoms with E-state index < -0.39 is 0 Å². The van der Waals surface area contributed by atoms with Crippen molar-refractivity contribution in [3.63, 3.8) is 0 Å². The van der Waals surface area contributed by atoms with Gasteiger partial charge in [-0.15, -0.1) is 0 Å². The van der Waals surface area contributed by atoms with Gasteiger partial charge in [0.1, 0.15) is 0 Å². The number of hydrogen-bond donors (Lipinski definition) is 2. The van der Waals surface area contributed by atoms with Gasteiger partial charge in [0.05, 0.1) is 6.10 Å². The smallest absolute Gasteiger partial charge is 0.0711 e. The molecule has 1 saturated heterocycles. The van der Waals surface area contributed by atoms with Gasteiger partial charge in [-0.1, -0.05) is 26.2 Å². The molecule has 3 atom stereocenters. The number of hydrogen-bond acceptors (Lipinski definition) is 3. The highest BCUT2D eigenvalue weighted by atomic mass is 16.5. The normalized spacial score (nSPS) is 27.2. The molecule has 1 rings (SSSR count). The summed E-state index contributed by atoms with van der Waals surface area (Å²) in [6.45, 7) is 6.63. The molecule has 96 valence electrons. The first-order valence-corrected chi connectivity index (χ1v) is 6.75. The summed E-state index contributed by atoms with van der Waals surface area (Å²) in [5.74, 6) is 0. The van der Waals surface area contributed by atoms with Gasteiger partial charge in [-0.2, -0.15) is 0 Å². The summed E-state index contributed by atoms with van der Waals surface area (Å²) in [6, 6.07) is 1.24. The first kappa shape index (κ1) is 13.9. The molecule has 0 saturated carbocycles. The lowest BCUT2D eigenvalue weighted by atomic mass is 10.1. The molecule has 1 aliphatic heterocycles. The van der Waals surface area contributed by atoms with Gasteiger partial charge in [0.15, 0.2) is 0 Å². The maximum absolute atomic E-state index is 5.34. The maximum Gasteiger partial charge on any atom is 0.0711 e. The Labute approximate surface area is 100 Å². The van der Waals surface area contributed by atoms with Crippen LogP contribution in [0.2, 0.25) is 0 Å². The molecule has 0 aromatic rings. The van der Waals surface area contributed by atoms with Crippen molar-refractivity contribution in [3.05, 3.63) is 0 Å². The fourth-order valence-electron chi connectivity index (χ4n) is 2.26. The van der Waals surface area contributed by atoms with Gasteiger partial charge in [0, 0.05) is 32.3 Å². The van der Waals surface area contributed by atoms with Crippen LogP contribution >= 0.6 is 0 Å². The minimum atomic E-state index is 0.419. The van der Waals surface area contributed by atoms with Gasteiger partial charge < -0.3 is 15.4 Å². The van der Waals surface area contributed by atoms with Crippen LogP contribution in [0.25, 0.3) is 0 Å². The number of methoxy groups -OCH3 is 1. The van der Waals surface area contributed by atoms with Crippen molar-refractivity contribution in [3.8, 4) is 0 Å². The lowest BCUT2D eigenvalue weighted by Crippen LogP contribution is -2.38. The number of ether oxygens (including phenoxy) is 1. The molecule has 3 unspecified atom stereocenters. The van der Waals surface area contributed by atoms with E-state index in [9.17, 15) is 0 Å². The maximum atomic E-state index is 5.34. The second-order valence-electron chi connectivity index (χ2n) is 5.00. The average molecular weight is 228 g/mol. The Morgan fingerprint density at radius 2 is 2.25 bits per heavy atom. The predicted octanol–water partition coefficient (Wildman–Crippen LogP) is 1.92. The Bertz CT molecular complexity index is 175. The lowest BCUT2D eigenvalue weighted by molar-refractivity contribution is 0.117. The standard InChI is InChI=1S/C13H28N2O/c1-4-5-6-7-11(2)14-9-12-8-13(16-3)10-15-12/h11-15H,4-10H2,1-3H3. The summed E-state index contributed by atoms with van der Waals surface area (Å²) >= 11 is 0. The van der Waals surface area contributed by atoms with Crippen molar-refractivity contribution in [1.82, 2.24) is 10.6 Å². The monoisotopic (exact) mass is 228 g/mol. The topological polar surface area (TPSA) is 33.3 Å². The van der Waals surface area contributed by atoms with E-state index in [2.05, 4.69) is 24.5 Å². The number of nitrogens with one attached hydrogen (secondary N) is 2. The highest BCUT2D eigenvalue weighted by Crippen LogP contribution is 2.09. The Balaban J connectivity index is 2.01. The molecule has 0 aromatic carbocycles. The first-order chi connectivity index (χ1) is 7.76. The predicted molar refractivity (Wildman–Crippen MR) is 68.8 cm³/mol. The van der Waals surface area contributed by atoms with Gasteiger partial charge in [0.2, 0.25) is 0 Å². The van der Waals surface area contributed by atoms with Crippen LogP contribution in [0.15, 0.2) is 0 Å². The van der Waals surface area contributed by atoms with Crippen molar-refractivity contribution >= 4 is 0 Å². The number of rotatable bonds is 8. The van der Waals surface area contributed by atoms with Crippen LogP contribution < -0.4 is 10.6 Å². The third-order valence-corrected chi connectivity index (χ3v) is 3.47. The molecular weight excluding hydrogens is 200 g/mol. The fraction of sp³-hybridized carbons (Fsp3) is 1.00. The van der Waals surface area contributed by atoms with Gasteiger partial charge in [-0.25, -0.2) is 0 Å². The van der Waals surface area contributed by atoms with Crippen molar-refractivity contribution in [2.45, 2.75) is 64.1 Å². The largest absolute Gasteiger partial charge is 0.380 e. The second kappa shape index (κ2) is 8.04. The SMILES string of the molecule is CCCCCC(C)NCC1CC(OC)CN1. The Hall–Kier alpha value is -0.120. The van der Waals surface area contributed by atoms with Crippen LogP contribution in [-0.2, 0) is 4.74 Å². The van der Waals surface area contributed by atoms with Crippen LogP contribution in [0.1, 0.15) is 46.0 Å². The van der Waals surface area contributed by atoms with E-state index in [0.717, 1.165) is 19.5 Å². The summed E-state index contributed by atoms with van der Waals surface area (Å²) in [4.78, 5) is 0. The molecule has 1 heterocycles. The van der Waals surface area contributed by atoms with Crippen LogP contribution in [0.4, 0.5) is 0 Å². The molecule has 3 heteroatoms. The summed E-state index contributed by atoms with van der Waals surface area (Å²) in [6.07, 6.45) is 6.89. The summed E-state index contributed by atoms with van der Waals surface area (Å²) in [7, 11) is 1.80. The van der Waals surface area contributed by atoms with E-state index in [1.54, 1.807) is 7.11 Å². The molecule has 0 amide bonds. The molecule has 0 aliphatic carbocycles. The summed E-state index contributed by atoms with van der Waals surface area (Å²) < 4.78 is 5.34. The minimum Gasteiger partial charge on any atom is -0.380 e. The van der Waals surface area contributed by atoms with Gasteiger partial charge in [0.25, 0.3) is 0 Å². The molecule has 0 aromatic heterocycles.